The van der Waals surface area contributed by atoms with Crippen molar-refractivity contribution in [3.63, 3.8) is 0 Å². The molecule has 1 saturated heterocycles. The molecule has 0 spiro atoms. The Morgan fingerprint density at radius 3 is 2.63 bits per heavy atom. The van der Waals surface area contributed by atoms with Crippen LogP contribution < -0.4 is 19.7 Å². The van der Waals surface area contributed by atoms with Crippen molar-refractivity contribution in [2.24, 2.45) is 0 Å². The number of hydrogen-bond acceptors (Lipinski definition) is 4. The third-order valence-corrected chi connectivity index (χ3v) is 4.14. The van der Waals surface area contributed by atoms with Gasteiger partial charge >= 0.3 is 0 Å². The fourth-order valence-electron chi connectivity index (χ4n) is 2.92. The molecule has 1 N–H and O–H groups in total. The average molecular weight is 372 g/mol. The van der Waals surface area contributed by atoms with Crippen LogP contribution in [0.1, 0.15) is 13.3 Å². The molecule has 7 heteroatoms. The van der Waals surface area contributed by atoms with Gasteiger partial charge in [0.1, 0.15) is 5.75 Å². The van der Waals surface area contributed by atoms with Gasteiger partial charge in [-0.05, 0) is 43.3 Å². The SMILES string of the molecule is CCOc1ccc(N2C[C@H](NC(=O)COc3ccccc3F)CC2=O)cc1. The fourth-order valence-corrected chi connectivity index (χ4v) is 2.92. The van der Waals surface area contributed by atoms with E-state index < -0.39 is 11.7 Å². The summed E-state index contributed by atoms with van der Waals surface area (Å²) < 4.78 is 24.1. The second-order valence-corrected chi connectivity index (χ2v) is 6.12. The molecule has 0 aromatic heterocycles. The van der Waals surface area contributed by atoms with Crippen LogP contribution in [0, 0.1) is 5.82 Å². The lowest BCUT2D eigenvalue weighted by molar-refractivity contribution is -0.123. The summed E-state index contributed by atoms with van der Waals surface area (Å²) >= 11 is 0. The van der Waals surface area contributed by atoms with Gasteiger partial charge in [0.2, 0.25) is 5.91 Å². The molecular weight excluding hydrogens is 351 g/mol. The number of nitrogens with one attached hydrogen (secondary N) is 1. The highest BCUT2D eigenvalue weighted by Crippen LogP contribution is 2.24. The van der Waals surface area contributed by atoms with Gasteiger partial charge in [-0.25, -0.2) is 4.39 Å². The Morgan fingerprint density at radius 2 is 1.93 bits per heavy atom. The summed E-state index contributed by atoms with van der Waals surface area (Å²) in [4.78, 5) is 25.9. The summed E-state index contributed by atoms with van der Waals surface area (Å²) in [5.41, 5.74) is 0.753. The van der Waals surface area contributed by atoms with Crippen LogP contribution in [0.2, 0.25) is 0 Å². The zero-order chi connectivity index (χ0) is 19.2. The maximum absolute atomic E-state index is 13.5. The summed E-state index contributed by atoms with van der Waals surface area (Å²) in [6, 6.07) is 12.8. The molecule has 1 heterocycles. The van der Waals surface area contributed by atoms with Crippen molar-refractivity contribution < 1.29 is 23.5 Å². The van der Waals surface area contributed by atoms with E-state index in [-0.39, 0.29) is 30.7 Å². The molecule has 6 nitrogen and oxygen atoms in total. The molecule has 27 heavy (non-hydrogen) atoms. The van der Waals surface area contributed by atoms with E-state index in [9.17, 15) is 14.0 Å². The Labute approximate surface area is 156 Å². The van der Waals surface area contributed by atoms with E-state index >= 15 is 0 Å². The third-order valence-electron chi connectivity index (χ3n) is 4.14. The molecule has 0 saturated carbocycles. The Bertz CT molecular complexity index is 810. The van der Waals surface area contributed by atoms with E-state index in [4.69, 9.17) is 9.47 Å². The number of ether oxygens (including phenoxy) is 2. The minimum Gasteiger partial charge on any atom is -0.494 e. The van der Waals surface area contributed by atoms with Crippen LogP contribution in [0.4, 0.5) is 10.1 Å². The minimum absolute atomic E-state index is 0.0196. The van der Waals surface area contributed by atoms with Gasteiger partial charge in [0, 0.05) is 18.7 Å². The summed E-state index contributed by atoms with van der Waals surface area (Å²) in [7, 11) is 0. The molecule has 0 radical (unpaired) electrons. The zero-order valence-corrected chi connectivity index (χ0v) is 15.0. The van der Waals surface area contributed by atoms with E-state index in [1.165, 1.54) is 12.1 Å². The van der Waals surface area contributed by atoms with Crippen LogP contribution in [0.5, 0.6) is 11.5 Å². The van der Waals surface area contributed by atoms with Crippen molar-refractivity contribution in [3.05, 3.63) is 54.3 Å². The lowest BCUT2D eigenvalue weighted by Crippen LogP contribution is -2.39. The Kier molecular flexibility index (Phi) is 5.90. The number of carbonyl (C=O) groups is 2. The molecule has 1 atom stereocenters. The van der Waals surface area contributed by atoms with Gasteiger partial charge in [-0.2, -0.15) is 0 Å². The van der Waals surface area contributed by atoms with Crippen molar-refractivity contribution in [2.45, 2.75) is 19.4 Å². The molecule has 2 aromatic carbocycles. The van der Waals surface area contributed by atoms with E-state index in [1.54, 1.807) is 29.2 Å². The molecule has 142 valence electrons. The van der Waals surface area contributed by atoms with Gasteiger partial charge in [-0.1, -0.05) is 12.1 Å². The van der Waals surface area contributed by atoms with Gasteiger partial charge in [0.25, 0.3) is 5.91 Å². The highest BCUT2D eigenvalue weighted by Gasteiger charge is 2.31. The smallest absolute Gasteiger partial charge is 0.258 e. The molecule has 2 aromatic rings. The van der Waals surface area contributed by atoms with Gasteiger partial charge in [0.05, 0.1) is 12.6 Å². The van der Waals surface area contributed by atoms with Gasteiger partial charge < -0.3 is 19.7 Å². The topological polar surface area (TPSA) is 67.9 Å². The molecule has 1 aliphatic heterocycles. The highest BCUT2D eigenvalue weighted by atomic mass is 19.1. The number of nitrogens with zero attached hydrogens (tertiary/aromatic N) is 1. The van der Waals surface area contributed by atoms with Crippen molar-refractivity contribution in [1.29, 1.82) is 0 Å². The average Bonchev–Trinajstić information content (AvgIpc) is 3.02. The molecule has 2 amide bonds. The predicted octanol–water partition coefficient (Wildman–Crippen LogP) is 2.52. The summed E-state index contributed by atoms with van der Waals surface area (Å²) in [6.45, 7) is 2.54. The Morgan fingerprint density at radius 1 is 1.19 bits per heavy atom. The number of rotatable bonds is 7. The first-order valence-electron chi connectivity index (χ1n) is 8.76. The van der Waals surface area contributed by atoms with Gasteiger partial charge in [-0.3, -0.25) is 9.59 Å². The molecule has 0 bridgehead atoms. The highest BCUT2D eigenvalue weighted by molar-refractivity contribution is 5.97. The first-order valence-corrected chi connectivity index (χ1v) is 8.76. The quantitative estimate of drug-likeness (QED) is 0.811. The number of halogens is 1. The summed E-state index contributed by atoms with van der Waals surface area (Å²) in [6.07, 6.45) is 0.207. The maximum Gasteiger partial charge on any atom is 0.258 e. The lowest BCUT2D eigenvalue weighted by atomic mass is 10.2. The first kappa shape index (κ1) is 18.7. The van der Waals surface area contributed by atoms with Crippen LogP contribution in [0.3, 0.4) is 0 Å². The Balaban J connectivity index is 1.52. The molecular formula is C20H21FN2O4. The molecule has 0 aliphatic carbocycles. The van der Waals surface area contributed by atoms with Crippen LogP contribution in [0.15, 0.2) is 48.5 Å². The first-order chi connectivity index (χ1) is 13.1. The van der Waals surface area contributed by atoms with E-state index in [2.05, 4.69) is 5.32 Å². The fraction of sp³-hybridized carbons (Fsp3) is 0.300. The number of anilines is 1. The van der Waals surface area contributed by atoms with Gasteiger partial charge in [-0.15, -0.1) is 0 Å². The number of para-hydroxylation sites is 1. The number of benzene rings is 2. The van der Waals surface area contributed by atoms with Crippen molar-refractivity contribution in [1.82, 2.24) is 5.32 Å². The summed E-state index contributed by atoms with van der Waals surface area (Å²) in [5.74, 6) is -0.235. The van der Waals surface area contributed by atoms with E-state index in [0.717, 1.165) is 11.4 Å². The third kappa shape index (κ3) is 4.75. The standard InChI is InChI=1S/C20H21FN2O4/c1-2-26-16-9-7-15(8-10-16)23-12-14(11-20(23)25)22-19(24)13-27-18-6-4-3-5-17(18)21/h3-10,14H,2,11-13H2,1H3,(H,22,24)/t14-/m1/s1. The van der Waals surface area contributed by atoms with Crippen LogP contribution in [-0.2, 0) is 9.59 Å². The Hall–Kier alpha value is -3.09. The monoisotopic (exact) mass is 372 g/mol. The number of carbonyl (C=O) groups excluding carboxylic acids is 2. The van der Waals surface area contributed by atoms with E-state index in [0.29, 0.717) is 13.2 Å². The lowest BCUT2D eigenvalue weighted by Gasteiger charge is -2.18. The minimum atomic E-state index is -0.525. The molecule has 1 fully saturated rings. The second kappa shape index (κ2) is 8.53. The van der Waals surface area contributed by atoms with Crippen molar-refractivity contribution >= 4 is 17.5 Å². The molecule has 3 rings (SSSR count). The van der Waals surface area contributed by atoms with Crippen molar-refractivity contribution in [3.8, 4) is 11.5 Å². The maximum atomic E-state index is 13.5. The van der Waals surface area contributed by atoms with Gasteiger partial charge in [0.15, 0.2) is 18.2 Å². The molecule has 0 unspecified atom stereocenters. The van der Waals surface area contributed by atoms with E-state index in [1.807, 2.05) is 19.1 Å². The second-order valence-electron chi connectivity index (χ2n) is 6.12. The number of hydrogen-bond donors (Lipinski definition) is 1. The zero-order valence-electron chi connectivity index (χ0n) is 15.0. The van der Waals surface area contributed by atoms with Crippen LogP contribution in [-0.4, -0.2) is 37.6 Å². The number of amides is 2. The summed E-state index contributed by atoms with van der Waals surface area (Å²) in [5, 5.41) is 2.76. The van der Waals surface area contributed by atoms with Crippen LogP contribution >= 0.6 is 0 Å². The molecule has 1 aliphatic rings. The van der Waals surface area contributed by atoms with Crippen LogP contribution in [0.25, 0.3) is 0 Å². The predicted molar refractivity (Wildman–Crippen MR) is 98.4 cm³/mol. The largest absolute Gasteiger partial charge is 0.494 e. The van der Waals surface area contributed by atoms with Crippen molar-refractivity contribution in [2.75, 3.05) is 24.7 Å². The normalized spacial score (nSPS) is 16.3.